The zero-order chi connectivity index (χ0) is 17.8. The van der Waals surface area contributed by atoms with E-state index in [2.05, 4.69) is 10.1 Å². The average molecular weight is 352 g/mol. The molecule has 2 aliphatic heterocycles. The molecule has 0 radical (unpaired) electrons. The maximum absolute atomic E-state index is 12.4. The van der Waals surface area contributed by atoms with Crippen molar-refractivity contribution in [2.45, 2.75) is 25.3 Å². The first-order valence-corrected chi connectivity index (χ1v) is 8.68. The van der Waals surface area contributed by atoms with E-state index >= 15 is 0 Å². The lowest BCUT2D eigenvalue weighted by Gasteiger charge is -2.37. The monoisotopic (exact) mass is 352 g/mol. The molecular formula is C18H16N4O4. The van der Waals surface area contributed by atoms with E-state index in [1.165, 1.54) is 0 Å². The van der Waals surface area contributed by atoms with Gasteiger partial charge in [-0.25, -0.2) is 0 Å². The van der Waals surface area contributed by atoms with Gasteiger partial charge in [0.25, 0.3) is 11.8 Å². The Balaban J connectivity index is 1.25. The highest BCUT2D eigenvalue weighted by atomic mass is 16.5. The number of aromatic nitrogens is 2. The Morgan fingerprint density at radius 2 is 1.77 bits per heavy atom. The Morgan fingerprint density at radius 3 is 2.38 bits per heavy atom. The number of benzene rings is 1. The molecule has 0 bridgehead atoms. The maximum atomic E-state index is 12.4. The number of amides is 3. The Morgan fingerprint density at radius 1 is 1.12 bits per heavy atom. The fourth-order valence-corrected chi connectivity index (χ4v) is 3.42. The summed E-state index contributed by atoms with van der Waals surface area (Å²) < 4.78 is 5.28. The predicted molar refractivity (Wildman–Crippen MR) is 87.0 cm³/mol. The number of carbonyl (C=O) groups is 3. The Kier molecular flexibility index (Phi) is 3.22. The van der Waals surface area contributed by atoms with E-state index in [0.29, 0.717) is 35.9 Å². The maximum Gasteiger partial charge on any atom is 0.261 e. The molecule has 1 aromatic heterocycles. The normalized spacial score (nSPS) is 19.7. The van der Waals surface area contributed by atoms with E-state index in [1.54, 1.807) is 24.3 Å². The summed E-state index contributed by atoms with van der Waals surface area (Å²) in [6.45, 7) is 1.15. The Bertz CT molecular complexity index is 892. The molecule has 1 aliphatic carbocycles. The zero-order valence-corrected chi connectivity index (χ0v) is 13.9. The van der Waals surface area contributed by atoms with E-state index in [9.17, 15) is 14.4 Å². The molecule has 3 amide bonds. The summed E-state index contributed by atoms with van der Waals surface area (Å²) in [4.78, 5) is 44.0. The number of likely N-dealkylation sites (tertiary alicyclic amines) is 1. The van der Waals surface area contributed by atoms with Gasteiger partial charge in [-0.1, -0.05) is 17.3 Å². The van der Waals surface area contributed by atoms with Gasteiger partial charge < -0.3 is 9.42 Å². The van der Waals surface area contributed by atoms with Gasteiger partial charge in [0.05, 0.1) is 23.6 Å². The minimum absolute atomic E-state index is 0.0206. The zero-order valence-electron chi connectivity index (χ0n) is 13.9. The number of hydrogen-bond donors (Lipinski definition) is 0. The third-order valence-corrected chi connectivity index (χ3v) is 5.13. The predicted octanol–water partition coefficient (Wildman–Crippen LogP) is 1.20. The van der Waals surface area contributed by atoms with Gasteiger partial charge in [0.2, 0.25) is 11.8 Å². The second-order valence-electron chi connectivity index (χ2n) is 7.01. The third-order valence-electron chi connectivity index (χ3n) is 5.13. The van der Waals surface area contributed by atoms with Gasteiger partial charge in [0, 0.05) is 19.0 Å². The van der Waals surface area contributed by atoms with Crippen molar-refractivity contribution in [3.8, 4) is 0 Å². The van der Waals surface area contributed by atoms with Gasteiger partial charge in [-0.15, -0.1) is 0 Å². The lowest BCUT2D eigenvalue weighted by Crippen LogP contribution is -2.49. The van der Waals surface area contributed by atoms with Crippen LogP contribution in [0.4, 0.5) is 0 Å². The average Bonchev–Trinajstić information content (AvgIpc) is 3.32. The molecule has 3 aliphatic rings. The molecule has 0 N–H and O–H groups in total. The minimum Gasteiger partial charge on any atom is -0.341 e. The van der Waals surface area contributed by atoms with E-state index in [1.807, 2.05) is 4.90 Å². The van der Waals surface area contributed by atoms with Gasteiger partial charge in [-0.05, 0) is 25.0 Å². The number of hydrogen-bond acceptors (Lipinski definition) is 6. The molecule has 0 unspecified atom stereocenters. The van der Waals surface area contributed by atoms with Crippen molar-refractivity contribution in [3.63, 3.8) is 0 Å². The lowest BCUT2D eigenvalue weighted by atomic mass is 9.99. The van der Waals surface area contributed by atoms with Crippen molar-refractivity contribution in [2.75, 3.05) is 13.1 Å². The highest BCUT2D eigenvalue weighted by molar-refractivity contribution is 6.21. The molecule has 1 saturated carbocycles. The molecule has 3 heterocycles. The summed E-state index contributed by atoms with van der Waals surface area (Å²) in [5, 5.41) is 3.90. The van der Waals surface area contributed by atoms with Crippen molar-refractivity contribution in [1.82, 2.24) is 19.9 Å². The van der Waals surface area contributed by atoms with Crippen LogP contribution >= 0.6 is 0 Å². The van der Waals surface area contributed by atoms with Gasteiger partial charge >= 0.3 is 0 Å². The second-order valence-corrected chi connectivity index (χ2v) is 7.01. The number of nitrogens with zero attached hydrogens (tertiary/aromatic N) is 4. The minimum atomic E-state index is -0.346. The van der Waals surface area contributed by atoms with Crippen molar-refractivity contribution < 1.29 is 18.9 Å². The summed E-state index contributed by atoms with van der Waals surface area (Å²) in [5.74, 6) is 0.512. The molecule has 1 aromatic carbocycles. The Labute approximate surface area is 148 Å². The second kappa shape index (κ2) is 5.48. The van der Waals surface area contributed by atoms with Gasteiger partial charge in [-0.3, -0.25) is 19.3 Å². The quantitative estimate of drug-likeness (QED) is 0.767. The van der Waals surface area contributed by atoms with Crippen LogP contribution in [0, 0.1) is 5.92 Å². The molecule has 2 aromatic rings. The van der Waals surface area contributed by atoms with Gasteiger partial charge in [0.1, 0.15) is 0 Å². The molecule has 5 rings (SSSR count). The van der Waals surface area contributed by atoms with Crippen LogP contribution in [0.5, 0.6) is 0 Å². The van der Waals surface area contributed by atoms with Gasteiger partial charge in [-0.2, -0.15) is 4.98 Å². The first-order valence-electron chi connectivity index (χ1n) is 8.68. The van der Waals surface area contributed by atoms with E-state index < -0.39 is 0 Å². The standard InChI is InChI=1S/C18H16N4O4/c23-16(10-5-6-10)21-7-11(8-21)15-19-14(20-26-15)9-22-17(24)12-3-1-2-4-13(12)18(22)25/h1-4,10-11H,5-9H2. The summed E-state index contributed by atoms with van der Waals surface area (Å²) in [6.07, 6.45) is 1.98. The molecule has 0 atom stereocenters. The van der Waals surface area contributed by atoms with Crippen LogP contribution in [-0.4, -0.2) is 50.8 Å². The highest BCUT2D eigenvalue weighted by Gasteiger charge is 2.42. The molecule has 1 saturated heterocycles. The van der Waals surface area contributed by atoms with Crippen molar-refractivity contribution in [2.24, 2.45) is 5.92 Å². The molecule has 132 valence electrons. The SMILES string of the molecule is O=C(C1CC1)N1CC(c2nc(CN3C(=O)c4ccccc4C3=O)no2)C1. The first kappa shape index (κ1) is 15.2. The van der Waals surface area contributed by atoms with Crippen LogP contribution in [0.2, 0.25) is 0 Å². The molecule has 8 nitrogen and oxygen atoms in total. The summed E-state index contributed by atoms with van der Waals surface area (Å²) >= 11 is 0. The number of rotatable bonds is 4. The molecule has 26 heavy (non-hydrogen) atoms. The number of fused-ring (bicyclic) bond motifs is 1. The van der Waals surface area contributed by atoms with Crippen LogP contribution in [0.25, 0.3) is 0 Å². The molecule has 0 spiro atoms. The molecular weight excluding hydrogens is 336 g/mol. The largest absolute Gasteiger partial charge is 0.341 e. The highest BCUT2D eigenvalue weighted by Crippen LogP contribution is 2.35. The summed E-state index contributed by atoms with van der Waals surface area (Å²) in [7, 11) is 0. The van der Waals surface area contributed by atoms with Crippen molar-refractivity contribution in [1.29, 1.82) is 0 Å². The third kappa shape index (κ3) is 2.33. The summed E-state index contributed by atoms with van der Waals surface area (Å²) in [5.41, 5.74) is 0.795. The van der Waals surface area contributed by atoms with Gasteiger partial charge in [0.15, 0.2) is 5.82 Å². The smallest absolute Gasteiger partial charge is 0.261 e. The fraction of sp³-hybridized carbons (Fsp3) is 0.389. The molecule has 2 fully saturated rings. The van der Waals surface area contributed by atoms with Crippen LogP contribution in [-0.2, 0) is 11.3 Å². The van der Waals surface area contributed by atoms with Crippen molar-refractivity contribution >= 4 is 17.7 Å². The van der Waals surface area contributed by atoms with E-state index in [0.717, 1.165) is 17.7 Å². The van der Waals surface area contributed by atoms with Crippen LogP contribution in [0.1, 0.15) is 51.2 Å². The lowest BCUT2D eigenvalue weighted by molar-refractivity contribution is -0.137. The van der Waals surface area contributed by atoms with E-state index in [4.69, 9.17) is 4.52 Å². The van der Waals surface area contributed by atoms with Crippen molar-refractivity contribution in [3.05, 3.63) is 47.1 Å². The van der Waals surface area contributed by atoms with E-state index in [-0.39, 0.29) is 36.1 Å². The number of imide groups is 1. The number of carbonyl (C=O) groups excluding carboxylic acids is 3. The first-order chi connectivity index (χ1) is 12.6. The summed E-state index contributed by atoms with van der Waals surface area (Å²) in [6, 6.07) is 6.73. The van der Waals surface area contributed by atoms with Crippen LogP contribution in [0.15, 0.2) is 28.8 Å². The van der Waals surface area contributed by atoms with Crippen LogP contribution in [0.3, 0.4) is 0 Å². The molecule has 8 heteroatoms. The topological polar surface area (TPSA) is 96.6 Å². The fourth-order valence-electron chi connectivity index (χ4n) is 3.42. The van der Waals surface area contributed by atoms with Crippen LogP contribution < -0.4 is 0 Å². The Hall–Kier alpha value is -3.03.